The zero-order chi connectivity index (χ0) is 11.6. The summed E-state index contributed by atoms with van der Waals surface area (Å²) in [4.78, 5) is 10.6. The molecule has 0 spiro atoms. The van der Waals surface area contributed by atoms with E-state index in [4.69, 9.17) is 4.43 Å². The van der Waals surface area contributed by atoms with E-state index in [0.717, 1.165) is 0 Å². The predicted octanol–water partition coefficient (Wildman–Crippen LogP) is 3.64. The molecule has 0 aliphatic rings. The molecule has 3 heteroatoms. The van der Waals surface area contributed by atoms with E-state index in [1.54, 1.807) is 6.47 Å². The van der Waals surface area contributed by atoms with Gasteiger partial charge >= 0.3 is 6.47 Å². The summed E-state index contributed by atoms with van der Waals surface area (Å²) in [7, 11) is -2.08. The Kier molecular flexibility index (Phi) is 4.37. The highest BCUT2D eigenvalue weighted by Gasteiger charge is 2.53. The Balaban J connectivity index is 5.26. The largest absolute Gasteiger partial charge is 0.510 e. The number of rotatable bonds is 4. The van der Waals surface area contributed by atoms with E-state index in [9.17, 15) is 4.79 Å². The van der Waals surface area contributed by atoms with Gasteiger partial charge in [-0.1, -0.05) is 48.5 Å². The normalized spacial score (nSPS) is 13.5. The molecule has 0 N–H and O–H groups in total. The highest BCUT2D eigenvalue weighted by Crippen LogP contribution is 2.50. The molecule has 0 unspecified atom stereocenters. The van der Waals surface area contributed by atoms with Crippen LogP contribution in [0.25, 0.3) is 0 Å². The van der Waals surface area contributed by atoms with Gasteiger partial charge in [0.25, 0.3) is 8.32 Å². The molecule has 0 rings (SSSR count). The van der Waals surface area contributed by atoms with E-state index in [2.05, 4.69) is 48.5 Å². The molecule has 0 atom stereocenters. The summed E-state index contributed by atoms with van der Waals surface area (Å²) in [5.74, 6) is 0. The van der Waals surface area contributed by atoms with Crippen molar-refractivity contribution >= 4 is 14.8 Å². The van der Waals surface area contributed by atoms with Crippen LogP contribution in [-0.4, -0.2) is 14.8 Å². The molecule has 0 fully saturated rings. The first-order valence-corrected chi connectivity index (χ1v) is 7.31. The zero-order valence-electron chi connectivity index (χ0n) is 10.5. The highest BCUT2D eigenvalue weighted by molar-refractivity contribution is 6.80. The van der Waals surface area contributed by atoms with Gasteiger partial charge in [0, 0.05) is 0 Å². The van der Waals surface area contributed by atoms with Gasteiger partial charge < -0.3 is 4.43 Å². The Morgan fingerprint density at radius 3 is 1.50 bits per heavy atom. The lowest BCUT2D eigenvalue weighted by Crippen LogP contribution is -2.52. The van der Waals surface area contributed by atoms with E-state index >= 15 is 0 Å². The van der Waals surface area contributed by atoms with Crippen LogP contribution in [0.5, 0.6) is 0 Å². The first kappa shape index (κ1) is 13.7. The summed E-state index contributed by atoms with van der Waals surface area (Å²) in [6, 6.07) is 0. The predicted molar refractivity (Wildman–Crippen MR) is 62.4 cm³/mol. The van der Waals surface area contributed by atoms with E-state index in [1.165, 1.54) is 0 Å². The molecule has 0 aliphatic heterocycles. The van der Waals surface area contributed by atoms with Crippen LogP contribution in [0, 0.1) is 0 Å². The lowest BCUT2D eigenvalue weighted by Gasteiger charge is -2.45. The fourth-order valence-electron chi connectivity index (χ4n) is 2.86. The summed E-state index contributed by atoms with van der Waals surface area (Å²) >= 11 is 0. The summed E-state index contributed by atoms with van der Waals surface area (Å²) in [5.41, 5.74) is 0.841. The molecular formula is C11H23O2Si. The molecule has 1 radical (unpaired) electrons. The van der Waals surface area contributed by atoms with E-state index < -0.39 is 8.32 Å². The smallest absolute Gasteiger partial charge is 0.402 e. The van der Waals surface area contributed by atoms with Crippen molar-refractivity contribution in [1.29, 1.82) is 0 Å². The number of hydrogen-bond donors (Lipinski definition) is 0. The lowest BCUT2D eigenvalue weighted by atomic mass is 10.2. The molecule has 0 aromatic carbocycles. The third-order valence-corrected chi connectivity index (χ3v) is 9.29. The molecule has 0 bridgehead atoms. The lowest BCUT2D eigenvalue weighted by molar-refractivity contribution is 0.387. The monoisotopic (exact) mass is 215 g/mol. The summed E-state index contributed by atoms with van der Waals surface area (Å²) < 4.78 is 5.45. The van der Waals surface area contributed by atoms with Gasteiger partial charge in [-0.05, 0) is 16.1 Å². The molecule has 2 nitrogen and oxygen atoms in total. The minimum absolute atomic E-state index is 0.0622. The Labute approximate surface area is 89.2 Å². The van der Waals surface area contributed by atoms with Crippen molar-refractivity contribution in [2.75, 3.05) is 0 Å². The van der Waals surface area contributed by atoms with E-state index in [0.29, 0.717) is 11.1 Å². The second-order valence-electron chi connectivity index (χ2n) is 5.54. The Bertz CT molecular complexity index is 184. The van der Waals surface area contributed by atoms with Crippen LogP contribution in [0.15, 0.2) is 0 Å². The minimum Gasteiger partial charge on any atom is -0.510 e. The van der Waals surface area contributed by atoms with Crippen molar-refractivity contribution in [3.63, 3.8) is 0 Å². The summed E-state index contributed by atoms with van der Waals surface area (Å²) in [6.07, 6.45) is 0. The van der Waals surface area contributed by atoms with Gasteiger partial charge in [0.2, 0.25) is 0 Å². The molecule has 0 amide bonds. The molecule has 83 valence electrons. The zero-order valence-corrected chi connectivity index (χ0v) is 11.5. The third-order valence-electron chi connectivity index (χ3n) is 3.10. The Hall–Kier alpha value is -0.313. The third kappa shape index (κ3) is 2.19. The second-order valence-corrected chi connectivity index (χ2v) is 11.1. The van der Waals surface area contributed by atoms with Gasteiger partial charge in [-0.3, -0.25) is 0 Å². The van der Waals surface area contributed by atoms with Crippen LogP contribution in [0.4, 0.5) is 0 Å². The second kappa shape index (κ2) is 4.47. The number of hydrogen-bond acceptors (Lipinski definition) is 2. The van der Waals surface area contributed by atoms with Gasteiger partial charge in [0.1, 0.15) is 0 Å². The Morgan fingerprint density at radius 1 is 1.07 bits per heavy atom. The maximum absolute atomic E-state index is 10.6. The molecule has 0 aromatic heterocycles. The molecule has 0 aromatic rings. The fourth-order valence-corrected chi connectivity index (χ4v) is 8.57. The molecule has 14 heavy (non-hydrogen) atoms. The summed E-state index contributed by atoms with van der Waals surface area (Å²) in [5, 5.41) is 0.0622. The SMILES string of the molecule is CC(C)[Si](O[C]=O)(C(C)C)C(C)(C)C. The van der Waals surface area contributed by atoms with Crippen molar-refractivity contribution in [1.82, 2.24) is 0 Å². The highest BCUT2D eigenvalue weighted by atomic mass is 28.4. The first-order valence-electron chi connectivity index (χ1n) is 5.25. The molecule has 0 heterocycles. The molecule has 0 saturated heterocycles. The van der Waals surface area contributed by atoms with Crippen LogP contribution in [0.3, 0.4) is 0 Å². The van der Waals surface area contributed by atoms with E-state index in [-0.39, 0.29) is 5.04 Å². The van der Waals surface area contributed by atoms with Gasteiger partial charge in [0.15, 0.2) is 0 Å². The van der Waals surface area contributed by atoms with Gasteiger partial charge in [-0.15, -0.1) is 0 Å². The van der Waals surface area contributed by atoms with Crippen LogP contribution in [0.1, 0.15) is 48.5 Å². The minimum atomic E-state index is -2.08. The Morgan fingerprint density at radius 2 is 1.43 bits per heavy atom. The molecule has 0 saturated carbocycles. The fraction of sp³-hybridized carbons (Fsp3) is 0.909. The van der Waals surface area contributed by atoms with Gasteiger partial charge in [-0.2, -0.15) is 0 Å². The standard InChI is InChI=1S/C11H23O2Si/c1-9(2)14(10(3)4,13-8-12)11(5,6)7/h9-10H,1-7H3. The topological polar surface area (TPSA) is 26.3 Å². The van der Waals surface area contributed by atoms with Crippen molar-refractivity contribution < 1.29 is 9.22 Å². The maximum atomic E-state index is 10.6. The van der Waals surface area contributed by atoms with Crippen LogP contribution < -0.4 is 0 Å². The summed E-state index contributed by atoms with van der Waals surface area (Å²) in [6.45, 7) is 16.8. The van der Waals surface area contributed by atoms with Crippen molar-refractivity contribution in [3.8, 4) is 0 Å². The quantitative estimate of drug-likeness (QED) is 0.669. The van der Waals surface area contributed by atoms with Crippen LogP contribution >= 0.6 is 0 Å². The van der Waals surface area contributed by atoms with Gasteiger partial charge in [0.05, 0.1) is 0 Å². The van der Waals surface area contributed by atoms with Crippen molar-refractivity contribution in [2.45, 2.75) is 64.6 Å². The average Bonchev–Trinajstić information content (AvgIpc) is 1.95. The molecule has 0 aliphatic carbocycles. The molecular weight excluding hydrogens is 192 g/mol. The number of carbonyl (C=O) groups excluding carboxylic acids is 1. The van der Waals surface area contributed by atoms with E-state index in [1.807, 2.05) is 0 Å². The van der Waals surface area contributed by atoms with Gasteiger partial charge in [-0.25, -0.2) is 4.79 Å². The van der Waals surface area contributed by atoms with Crippen molar-refractivity contribution in [2.24, 2.45) is 0 Å². The average molecular weight is 215 g/mol. The van der Waals surface area contributed by atoms with Crippen LogP contribution in [-0.2, 0) is 9.22 Å². The first-order chi connectivity index (χ1) is 6.20. The maximum Gasteiger partial charge on any atom is 0.402 e. The van der Waals surface area contributed by atoms with Crippen molar-refractivity contribution in [3.05, 3.63) is 0 Å². The van der Waals surface area contributed by atoms with Crippen LogP contribution in [0.2, 0.25) is 16.1 Å².